The van der Waals surface area contributed by atoms with Crippen LogP contribution in [0, 0.1) is 5.92 Å². The van der Waals surface area contributed by atoms with Crippen LogP contribution >= 0.6 is 0 Å². The first-order valence-corrected chi connectivity index (χ1v) is 6.09. The van der Waals surface area contributed by atoms with Crippen LogP contribution in [0.2, 0.25) is 0 Å². The van der Waals surface area contributed by atoms with Gasteiger partial charge >= 0.3 is 6.18 Å². The van der Waals surface area contributed by atoms with Crippen molar-refractivity contribution in [2.24, 2.45) is 10.9 Å². The maximum absolute atomic E-state index is 12.6. The van der Waals surface area contributed by atoms with E-state index in [9.17, 15) is 13.2 Å². The molecule has 1 aliphatic rings. The van der Waals surface area contributed by atoms with Crippen molar-refractivity contribution in [1.29, 1.82) is 0 Å². The van der Waals surface area contributed by atoms with E-state index in [1.54, 1.807) is 32.2 Å². The summed E-state index contributed by atoms with van der Waals surface area (Å²) in [5, 5.41) is 0. The summed E-state index contributed by atoms with van der Waals surface area (Å²) in [6.07, 6.45) is 1.29. The second-order valence-electron chi connectivity index (χ2n) is 4.63. The summed E-state index contributed by atoms with van der Waals surface area (Å²) >= 11 is 0. The number of hydrogen-bond acceptors (Lipinski definition) is 2. The Hall–Kier alpha value is -1.52. The van der Waals surface area contributed by atoms with Gasteiger partial charge in [0.15, 0.2) is 0 Å². The second kappa shape index (κ2) is 6.59. The minimum Gasteiger partial charge on any atom is -0.491 e. The van der Waals surface area contributed by atoms with Crippen LogP contribution in [0.15, 0.2) is 41.3 Å². The van der Waals surface area contributed by atoms with Crippen LogP contribution in [-0.4, -0.2) is 18.5 Å². The summed E-state index contributed by atoms with van der Waals surface area (Å²) in [5.41, 5.74) is 0.268. The molecule has 1 aliphatic carbocycles. The summed E-state index contributed by atoms with van der Waals surface area (Å²) in [4.78, 5) is 3.86. The Kier molecular flexibility index (Phi) is 5.39. The zero-order valence-electron chi connectivity index (χ0n) is 11.1. The zero-order chi connectivity index (χ0) is 14.5. The quantitative estimate of drug-likeness (QED) is 0.680. The highest BCUT2D eigenvalue weighted by molar-refractivity contribution is 5.65. The molecule has 0 radical (unpaired) electrons. The number of alkyl halides is 3. The van der Waals surface area contributed by atoms with Crippen molar-refractivity contribution in [2.45, 2.75) is 39.0 Å². The van der Waals surface area contributed by atoms with Crippen LogP contribution in [0.4, 0.5) is 13.2 Å². The lowest BCUT2D eigenvalue weighted by Crippen LogP contribution is -2.17. The first-order chi connectivity index (χ1) is 8.81. The van der Waals surface area contributed by atoms with Crippen molar-refractivity contribution in [3.8, 4) is 0 Å². The minimum atomic E-state index is -4.23. The molecule has 0 aliphatic heterocycles. The van der Waals surface area contributed by atoms with Gasteiger partial charge in [0, 0.05) is 18.3 Å². The third-order valence-electron chi connectivity index (χ3n) is 2.48. The van der Waals surface area contributed by atoms with Crippen LogP contribution in [0.3, 0.4) is 0 Å². The summed E-state index contributed by atoms with van der Waals surface area (Å²) in [7, 11) is 0. The normalized spacial score (nSPS) is 20.4. The highest BCUT2D eigenvalue weighted by atomic mass is 19.4. The standard InChI is InChI=1S/C14H18F3NO/c1-4-18-9-11-5-6-13(19-10(2)3)12(7-11)8-14(15,16)17/h4-6,9-11H,1,7-8H2,2-3H3. The molecule has 0 bridgehead atoms. The van der Waals surface area contributed by atoms with Crippen molar-refractivity contribution >= 4 is 6.21 Å². The van der Waals surface area contributed by atoms with Gasteiger partial charge in [-0.1, -0.05) is 12.7 Å². The molecule has 19 heavy (non-hydrogen) atoms. The third-order valence-corrected chi connectivity index (χ3v) is 2.48. The Morgan fingerprint density at radius 3 is 2.74 bits per heavy atom. The maximum atomic E-state index is 12.6. The highest BCUT2D eigenvalue weighted by Crippen LogP contribution is 2.33. The molecule has 5 heteroatoms. The molecule has 0 saturated carbocycles. The summed E-state index contributed by atoms with van der Waals surface area (Å²) in [5.74, 6) is 0.186. The van der Waals surface area contributed by atoms with Crippen LogP contribution in [0.5, 0.6) is 0 Å². The number of allylic oxidation sites excluding steroid dienone is 3. The molecule has 1 unspecified atom stereocenters. The van der Waals surface area contributed by atoms with Gasteiger partial charge < -0.3 is 4.74 Å². The molecule has 1 atom stereocenters. The first-order valence-electron chi connectivity index (χ1n) is 6.09. The van der Waals surface area contributed by atoms with Crippen molar-refractivity contribution in [3.63, 3.8) is 0 Å². The molecular weight excluding hydrogens is 255 g/mol. The number of hydrogen-bond donors (Lipinski definition) is 0. The Morgan fingerprint density at radius 1 is 1.53 bits per heavy atom. The van der Waals surface area contributed by atoms with E-state index in [0.717, 1.165) is 0 Å². The van der Waals surface area contributed by atoms with E-state index in [4.69, 9.17) is 4.74 Å². The second-order valence-corrected chi connectivity index (χ2v) is 4.63. The van der Waals surface area contributed by atoms with E-state index in [1.807, 2.05) is 0 Å². The summed E-state index contributed by atoms with van der Waals surface area (Å²) in [6, 6.07) is 0. The Balaban J connectivity index is 2.89. The molecule has 0 aromatic carbocycles. The van der Waals surface area contributed by atoms with Gasteiger partial charge in [-0.3, -0.25) is 4.99 Å². The molecule has 0 amide bonds. The fourth-order valence-corrected chi connectivity index (χ4v) is 1.83. The molecule has 0 aromatic heterocycles. The number of halogens is 3. The molecule has 1 rings (SSSR count). The monoisotopic (exact) mass is 273 g/mol. The fourth-order valence-electron chi connectivity index (χ4n) is 1.83. The van der Waals surface area contributed by atoms with Crippen molar-refractivity contribution < 1.29 is 17.9 Å². The van der Waals surface area contributed by atoms with E-state index in [0.29, 0.717) is 5.76 Å². The maximum Gasteiger partial charge on any atom is 0.392 e. The summed E-state index contributed by atoms with van der Waals surface area (Å²) < 4.78 is 43.1. The van der Waals surface area contributed by atoms with Crippen LogP contribution in [0.1, 0.15) is 26.7 Å². The molecule has 0 saturated heterocycles. The predicted molar refractivity (Wildman–Crippen MR) is 69.9 cm³/mol. The number of rotatable bonds is 5. The van der Waals surface area contributed by atoms with Crippen molar-refractivity contribution in [2.75, 3.05) is 0 Å². The van der Waals surface area contributed by atoms with Gasteiger partial charge in [-0.15, -0.1) is 0 Å². The van der Waals surface area contributed by atoms with Crippen molar-refractivity contribution in [1.82, 2.24) is 0 Å². The SMILES string of the molecule is C=CN=CC1C=CC(OC(C)C)=C(CC(F)(F)F)C1. The minimum absolute atomic E-state index is 0.144. The lowest BCUT2D eigenvalue weighted by Gasteiger charge is -2.23. The Bertz CT molecular complexity index is 405. The topological polar surface area (TPSA) is 21.6 Å². The predicted octanol–water partition coefficient (Wildman–Crippen LogP) is 4.41. The largest absolute Gasteiger partial charge is 0.491 e. The van der Waals surface area contributed by atoms with E-state index in [2.05, 4.69) is 11.6 Å². The van der Waals surface area contributed by atoms with E-state index < -0.39 is 12.6 Å². The van der Waals surface area contributed by atoms with Gasteiger partial charge in [-0.25, -0.2) is 0 Å². The number of ether oxygens (including phenoxy) is 1. The van der Waals surface area contributed by atoms with Gasteiger partial charge in [-0.2, -0.15) is 13.2 Å². The molecule has 0 fully saturated rings. The van der Waals surface area contributed by atoms with E-state index >= 15 is 0 Å². The number of aliphatic imine (C=N–C) groups is 1. The van der Waals surface area contributed by atoms with Gasteiger partial charge in [0.25, 0.3) is 0 Å². The van der Waals surface area contributed by atoms with Gasteiger partial charge in [0.05, 0.1) is 12.5 Å². The van der Waals surface area contributed by atoms with Gasteiger partial charge in [0.2, 0.25) is 0 Å². The van der Waals surface area contributed by atoms with E-state index in [1.165, 1.54) is 6.20 Å². The molecule has 106 valence electrons. The molecule has 0 N–H and O–H groups in total. The Labute approximate surface area is 111 Å². The summed E-state index contributed by atoms with van der Waals surface area (Å²) in [6.45, 7) is 7.02. The molecule has 2 nitrogen and oxygen atoms in total. The molecule has 0 spiro atoms. The highest BCUT2D eigenvalue weighted by Gasteiger charge is 2.32. The van der Waals surface area contributed by atoms with Gasteiger partial charge in [-0.05, 0) is 31.9 Å². The lowest BCUT2D eigenvalue weighted by atomic mass is 9.92. The lowest BCUT2D eigenvalue weighted by molar-refractivity contribution is -0.128. The molecule has 0 aromatic rings. The molecular formula is C14H18F3NO. The number of nitrogens with zero attached hydrogens (tertiary/aromatic N) is 1. The van der Waals surface area contributed by atoms with Crippen LogP contribution in [0.25, 0.3) is 0 Å². The average Bonchev–Trinajstić information content (AvgIpc) is 2.27. The smallest absolute Gasteiger partial charge is 0.392 e. The Morgan fingerprint density at radius 2 is 2.21 bits per heavy atom. The molecule has 0 heterocycles. The van der Waals surface area contributed by atoms with E-state index in [-0.39, 0.29) is 24.0 Å². The van der Waals surface area contributed by atoms with Gasteiger partial charge in [0.1, 0.15) is 5.76 Å². The third kappa shape index (κ3) is 5.77. The fraction of sp³-hybridized carbons (Fsp3) is 0.500. The van der Waals surface area contributed by atoms with Crippen molar-refractivity contribution in [3.05, 3.63) is 36.3 Å². The van der Waals surface area contributed by atoms with Crippen LogP contribution < -0.4 is 0 Å². The zero-order valence-corrected chi connectivity index (χ0v) is 11.1. The first kappa shape index (κ1) is 15.5. The van der Waals surface area contributed by atoms with Crippen LogP contribution in [-0.2, 0) is 4.74 Å². The average molecular weight is 273 g/mol.